The average Bonchev–Trinajstić information content (AvgIpc) is 2.05. The van der Waals surface area contributed by atoms with E-state index >= 15 is 0 Å². The lowest BCUT2D eigenvalue weighted by Gasteiger charge is -2.10. The van der Waals surface area contributed by atoms with Crippen molar-refractivity contribution in [3.05, 3.63) is 0 Å². The van der Waals surface area contributed by atoms with Crippen LogP contribution in [0.4, 0.5) is 0 Å². The van der Waals surface area contributed by atoms with Crippen molar-refractivity contribution in [2.24, 2.45) is 0 Å². The van der Waals surface area contributed by atoms with E-state index in [1.165, 1.54) is 0 Å². The van der Waals surface area contributed by atoms with E-state index < -0.39 is 0 Å². The van der Waals surface area contributed by atoms with Gasteiger partial charge in [-0.1, -0.05) is 0 Å². The molecule has 1 fully saturated rings. The van der Waals surface area contributed by atoms with Crippen LogP contribution in [0, 0.1) is 0 Å². The first-order valence-electron chi connectivity index (χ1n) is 3.46. The number of ether oxygens (including phenoxy) is 6. The van der Waals surface area contributed by atoms with Crippen molar-refractivity contribution in [3.63, 3.8) is 0 Å². The molecule has 0 aromatic carbocycles. The smallest absolute Gasteiger partial charge is 0.152 e. The van der Waals surface area contributed by atoms with Gasteiger partial charge in [-0.05, 0) is 0 Å². The van der Waals surface area contributed by atoms with E-state index in [1.807, 2.05) is 0 Å². The topological polar surface area (TPSA) is 55.4 Å². The van der Waals surface area contributed by atoms with E-state index in [-0.39, 0.29) is 40.8 Å². The highest BCUT2D eigenvalue weighted by molar-refractivity contribution is 4.09. The van der Waals surface area contributed by atoms with Crippen molar-refractivity contribution in [1.82, 2.24) is 0 Å². The molecular weight excluding hydrogens is 168 g/mol. The van der Waals surface area contributed by atoms with Crippen LogP contribution in [0.3, 0.4) is 0 Å². The predicted molar refractivity (Wildman–Crippen MR) is 35.7 cm³/mol. The van der Waals surface area contributed by atoms with Crippen LogP contribution >= 0.6 is 0 Å². The summed E-state index contributed by atoms with van der Waals surface area (Å²) in [4.78, 5) is 0. The molecule has 0 N–H and O–H groups in total. The summed E-state index contributed by atoms with van der Waals surface area (Å²) in [6.45, 7) is 0.833. The molecule has 6 heteroatoms. The highest BCUT2D eigenvalue weighted by atomic mass is 16.8. The molecule has 6 nitrogen and oxygen atoms in total. The lowest BCUT2D eigenvalue weighted by molar-refractivity contribution is -0.247. The Bertz CT molecular complexity index is 55.0. The summed E-state index contributed by atoms with van der Waals surface area (Å²) in [5.41, 5.74) is 0. The van der Waals surface area contributed by atoms with E-state index in [2.05, 4.69) is 0 Å². The number of hydrogen-bond donors (Lipinski definition) is 0. The summed E-state index contributed by atoms with van der Waals surface area (Å²) in [5, 5.41) is 0. The van der Waals surface area contributed by atoms with E-state index in [0.717, 1.165) is 0 Å². The molecule has 1 aliphatic rings. The Kier molecular flexibility index (Phi) is 6.08. The molecule has 1 heterocycles. The number of hydrogen-bond acceptors (Lipinski definition) is 6. The molecule has 0 aliphatic carbocycles. The van der Waals surface area contributed by atoms with Crippen LogP contribution in [0.15, 0.2) is 0 Å². The molecule has 0 saturated carbocycles. The van der Waals surface area contributed by atoms with Gasteiger partial charge < -0.3 is 28.4 Å². The van der Waals surface area contributed by atoms with Gasteiger partial charge in [-0.25, -0.2) is 0 Å². The fraction of sp³-hybridized carbons (Fsp3) is 1.00. The summed E-state index contributed by atoms with van der Waals surface area (Å²) < 4.78 is 29.2. The van der Waals surface area contributed by atoms with Gasteiger partial charge in [-0.2, -0.15) is 0 Å². The molecule has 1 aliphatic heterocycles. The molecule has 0 aromatic heterocycles. The normalized spacial score (nSPS) is 24.0. The van der Waals surface area contributed by atoms with Crippen LogP contribution in [0.25, 0.3) is 0 Å². The van der Waals surface area contributed by atoms with Crippen LogP contribution < -0.4 is 0 Å². The molecular formula is C6H12O6. The van der Waals surface area contributed by atoms with Crippen molar-refractivity contribution in [1.29, 1.82) is 0 Å². The van der Waals surface area contributed by atoms with Gasteiger partial charge in [0, 0.05) is 0 Å². The van der Waals surface area contributed by atoms with Gasteiger partial charge in [0.25, 0.3) is 0 Å². The lowest BCUT2D eigenvalue weighted by Crippen LogP contribution is -2.14. The third kappa shape index (κ3) is 5.42. The van der Waals surface area contributed by atoms with Gasteiger partial charge >= 0.3 is 0 Å². The fourth-order valence-electron chi connectivity index (χ4n) is 0.558. The van der Waals surface area contributed by atoms with Gasteiger partial charge in [-0.15, -0.1) is 0 Å². The molecule has 0 amide bonds. The minimum Gasteiger partial charge on any atom is -0.329 e. The zero-order valence-electron chi connectivity index (χ0n) is 6.69. The summed E-state index contributed by atoms with van der Waals surface area (Å²) in [6, 6.07) is 0. The van der Waals surface area contributed by atoms with E-state index in [1.54, 1.807) is 0 Å². The van der Waals surface area contributed by atoms with E-state index in [0.29, 0.717) is 0 Å². The standard InChI is InChI=1S/C6H12O6/c1-7-2-9-4-11-6-12-5-10-3-8-1/h1-6H2. The van der Waals surface area contributed by atoms with Crippen molar-refractivity contribution < 1.29 is 28.4 Å². The van der Waals surface area contributed by atoms with Gasteiger partial charge in [-0.3, -0.25) is 0 Å². The molecule has 0 atom stereocenters. The Morgan fingerprint density at radius 2 is 0.500 bits per heavy atom. The first-order chi connectivity index (χ1) is 6.00. The molecule has 72 valence electrons. The van der Waals surface area contributed by atoms with Gasteiger partial charge in [0.05, 0.1) is 0 Å². The molecule has 0 radical (unpaired) electrons. The van der Waals surface area contributed by atoms with Crippen molar-refractivity contribution in [2.75, 3.05) is 40.8 Å². The second kappa shape index (κ2) is 7.41. The van der Waals surface area contributed by atoms with Crippen LogP contribution in [-0.4, -0.2) is 40.8 Å². The monoisotopic (exact) mass is 180 g/mol. The quantitative estimate of drug-likeness (QED) is 0.516. The third-order valence-corrected chi connectivity index (χ3v) is 1.00. The Morgan fingerprint density at radius 1 is 0.333 bits per heavy atom. The van der Waals surface area contributed by atoms with Crippen LogP contribution in [0.2, 0.25) is 0 Å². The van der Waals surface area contributed by atoms with Crippen LogP contribution in [-0.2, 0) is 28.4 Å². The second-order valence-electron chi connectivity index (χ2n) is 1.93. The van der Waals surface area contributed by atoms with E-state index in [9.17, 15) is 0 Å². The summed E-state index contributed by atoms with van der Waals surface area (Å²) in [5.74, 6) is 0. The van der Waals surface area contributed by atoms with Crippen LogP contribution in [0.5, 0.6) is 0 Å². The van der Waals surface area contributed by atoms with Gasteiger partial charge in [0.15, 0.2) is 40.8 Å². The minimum absolute atomic E-state index is 0.139. The van der Waals surface area contributed by atoms with Crippen molar-refractivity contribution in [2.45, 2.75) is 0 Å². The molecule has 1 saturated heterocycles. The van der Waals surface area contributed by atoms with E-state index in [4.69, 9.17) is 28.4 Å². The second-order valence-corrected chi connectivity index (χ2v) is 1.93. The fourth-order valence-corrected chi connectivity index (χ4v) is 0.558. The maximum absolute atomic E-state index is 4.86. The predicted octanol–water partition coefficient (Wildman–Crippen LogP) is -0.155. The Labute approximate surface area is 70.2 Å². The maximum Gasteiger partial charge on any atom is 0.152 e. The zero-order chi connectivity index (χ0) is 8.49. The number of rotatable bonds is 0. The van der Waals surface area contributed by atoms with Crippen LogP contribution in [0.1, 0.15) is 0 Å². The lowest BCUT2D eigenvalue weighted by atomic mass is 11.2. The highest BCUT2D eigenvalue weighted by Gasteiger charge is 1.93. The first kappa shape index (κ1) is 9.85. The Hall–Kier alpha value is -0.240. The highest BCUT2D eigenvalue weighted by Crippen LogP contribution is 1.87. The molecule has 1 rings (SSSR count). The maximum atomic E-state index is 4.86. The summed E-state index contributed by atoms with van der Waals surface area (Å²) in [7, 11) is 0. The first-order valence-corrected chi connectivity index (χ1v) is 3.46. The van der Waals surface area contributed by atoms with Gasteiger partial charge in [0.1, 0.15) is 0 Å². The summed E-state index contributed by atoms with van der Waals surface area (Å²) in [6.07, 6.45) is 0. The molecule has 0 spiro atoms. The molecule has 12 heavy (non-hydrogen) atoms. The Balaban J connectivity index is 2.00. The van der Waals surface area contributed by atoms with Crippen molar-refractivity contribution in [3.8, 4) is 0 Å². The molecule has 0 aromatic rings. The Morgan fingerprint density at radius 3 is 0.667 bits per heavy atom. The molecule has 0 bridgehead atoms. The SMILES string of the molecule is C1OCOCOCOCOCO1. The summed E-state index contributed by atoms with van der Waals surface area (Å²) >= 11 is 0. The largest absolute Gasteiger partial charge is 0.329 e. The average molecular weight is 180 g/mol. The van der Waals surface area contributed by atoms with Crippen molar-refractivity contribution >= 4 is 0 Å². The third-order valence-electron chi connectivity index (χ3n) is 1.00. The minimum atomic E-state index is 0.139. The van der Waals surface area contributed by atoms with Gasteiger partial charge in [0.2, 0.25) is 0 Å². The zero-order valence-corrected chi connectivity index (χ0v) is 6.69. The molecule has 0 unspecified atom stereocenters.